The Labute approximate surface area is 111 Å². The Bertz CT molecular complexity index is 601. The number of non-ortho nitro benzene ring substituents is 1. The van der Waals surface area contributed by atoms with Crippen molar-refractivity contribution in [2.45, 2.75) is 0 Å². The molecule has 6 nitrogen and oxygen atoms in total. The highest BCUT2D eigenvalue weighted by Crippen LogP contribution is 2.27. The van der Waals surface area contributed by atoms with Gasteiger partial charge in [-0.25, -0.2) is 8.51 Å². The zero-order chi connectivity index (χ0) is 13.8. The maximum Gasteiger partial charge on any atom is 0.269 e. The van der Waals surface area contributed by atoms with Gasteiger partial charge in [-0.1, -0.05) is 18.2 Å². The number of hydrogen-bond acceptors (Lipinski definition) is 3. The van der Waals surface area contributed by atoms with Crippen LogP contribution in [0, 0.1) is 10.1 Å². The third-order valence-electron chi connectivity index (χ3n) is 2.44. The number of para-hydroxylation sites is 1. The van der Waals surface area contributed by atoms with Crippen LogP contribution >= 0.6 is 0 Å². The molecule has 0 spiro atoms. The quantitative estimate of drug-likeness (QED) is 0.529. The summed E-state index contributed by atoms with van der Waals surface area (Å²) in [6, 6.07) is 14.1. The van der Waals surface area contributed by atoms with E-state index in [1.807, 2.05) is 0 Å². The Kier molecular flexibility index (Phi) is 3.88. The van der Waals surface area contributed by atoms with Gasteiger partial charge in [0.1, 0.15) is 0 Å². The number of rotatable bonds is 4. The van der Waals surface area contributed by atoms with Crippen LogP contribution < -0.4 is 4.31 Å². The molecule has 1 atom stereocenters. The molecule has 7 heteroatoms. The van der Waals surface area contributed by atoms with Gasteiger partial charge in [0.05, 0.1) is 16.3 Å². The van der Waals surface area contributed by atoms with Crippen LogP contribution in [0.3, 0.4) is 0 Å². The lowest BCUT2D eigenvalue weighted by Crippen LogP contribution is -2.18. The Morgan fingerprint density at radius 1 is 1.00 bits per heavy atom. The fraction of sp³-hybridized carbons (Fsp3) is 0. The van der Waals surface area contributed by atoms with E-state index in [2.05, 4.69) is 0 Å². The standard InChI is InChI=1S/C12H10N2O4S/c15-14(16)12-8-6-11(7-9-12)13(19(17)18)10-4-2-1-3-5-10/h1-9H,(H,17,18). The van der Waals surface area contributed by atoms with E-state index in [-0.39, 0.29) is 5.69 Å². The first-order valence-corrected chi connectivity index (χ1v) is 6.36. The summed E-state index contributed by atoms with van der Waals surface area (Å²) in [4.78, 5) is 10.0. The summed E-state index contributed by atoms with van der Waals surface area (Å²) in [5, 5.41) is 10.6. The summed E-state index contributed by atoms with van der Waals surface area (Å²) in [6.45, 7) is 0. The molecular formula is C12H10N2O4S. The summed E-state index contributed by atoms with van der Waals surface area (Å²) < 4.78 is 22.0. The molecule has 0 fully saturated rings. The third kappa shape index (κ3) is 2.95. The lowest BCUT2D eigenvalue weighted by Gasteiger charge is -2.19. The Morgan fingerprint density at radius 3 is 2.00 bits per heavy atom. The van der Waals surface area contributed by atoms with E-state index in [9.17, 15) is 18.9 Å². The number of nitro benzene ring substituents is 1. The summed E-state index contributed by atoms with van der Waals surface area (Å²) in [7, 11) is 0. The van der Waals surface area contributed by atoms with Crippen molar-refractivity contribution < 1.29 is 13.7 Å². The molecule has 0 aromatic heterocycles. The molecule has 19 heavy (non-hydrogen) atoms. The lowest BCUT2D eigenvalue weighted by atomic mass is 10.2. The minimum absolute atomic E-state index is 0.0690. The second-order valence-corrected chi connectivity index (χ2v) is 4.46. The molecule has 0 heterocycles. The highest BCUT2D eigenvalue weighted by Gasteiger charge is 2.15. The average molecular weight is 278 g/mol. The number of benzene rings is 2. The van der Waals surface area contributed by atoms with Gasteiger partial charge in [-0.15, -0.1) is 0 Å². The van der Waals surface area contributed by atoms with Crippen LogP contribution in [0.2, 0.25) is 0 Å². The predicted octanol–water partition coefficient (Wildman–Crippen LogP) is 2.87. The second kappa shape index (κ2) is 5.59. The molecule has 0 aliphatic carbocycles. The fourth-order valence-electron chi connectivity index (χ4n) is 1.60. The van der Waals surface area contributed by atoms with Crippen molar-refractivity contribution in [1.82, 2.24) is 0 Å². The molecule has 2 rings (SSSR count). The van der Waals surface area contributed by atoms with Crippen LogP contribution in [0.5, 0.6) is 0 Å². The molecule has 0 radical (unpaired) electrons. The van der Waals surface area contributed by atoms with E-state index in [0.29, 0.717) is 11.4 Å². The summed E-state index contributed by atoms with van der Waals surface area (Å²) in [5.74, 6) is 0. The van der Waals surface area contributed by atoms with Gasteiger partial charge in [-0.05, 0) is 24.3 Å². The first-order chi connectivity index (χ1) is 9.09. The average Bonchev–Trinajstić information content (AvgIpc) is 2.40. The van der Waals surface area contributed by atoms with Crippen molar-refractivity contribution >= 4 is 28.3 Å². The van der Waals surface area contributed by atoms with E-state index in [4.69, 9.17) is 0 Å². The molecule has 2 aromatic carbocycles. The van der Waals surface area contributed by atoms with Crippen LogP contribution in [-0.2, 0) is 11.3 Å². The summed E-state index contributed by atoms with van der Waals surface area (Å²) in [6.07, 6.45) is 0. The molecule has 2 aromatic rings. The van der Waals surface area contributed by atoms with Crippen molar-refractivity contribution in [2.24, 2.45) is 0 Å². The highest BCUT2D eigenvalue weighted by atomic mass is 32.2. The zero-order valence-corrected chi connectivity index (χ0v) is 10.5. The van der Waals surface area contributed by atoms with E-state index in [0.717, 1.165) is 0 Å². The monoisotopic (exact) mass is 278 g/mol. The largest absolute Gasteiger partial charge is 0.289 e. The Hall–Kier alpha value is -2.25. The SMILES string of the molecule is O=[N+]([O-])c1ccc(N(c2ccccc2)S(=O)O)cc1. The molecule has 0 aliphatic rings. The number of anilines is 2. The molecule has 0 aliphatic heterocycles. The van der Waals surface area contributed by atoms with Crippen LogP contribution in [0.1, 0.15) is 0 Å². The van der Waals surface area contributed by atoms with Gasteiger partial charge in [0.2, 0.25) is 0 Å². The van der Waals surface area contributed by atoms with Gasteiger partial charge in [0.25, 0.3) is 17.0 Å². The van der Waals surface area contributed by atoms with Crippen molar-refractivity contribution in [3.63, 3.8) is 0 Å². The topological polar surface area (TPSA) is 83.7 Å². The number of nitro groups is 1. The Morgan fingerprint density at radius 2 is 1.53 bits per heavy atom. The van der Waals surface area contributed by atoms with E-state index >= 15 is 0 Å². The molecule has 0 saturated carbocycles. The molecule has 1 N–H and O–H groups in total. The van der Waals surface area contributed by atoms with Gasteiger partial charge >= 0.3 is 0 Å². The maximum atomic E-state index is 11.4. The van der Waals surface area contributed by atoms with E-state index < -0.39 is 16.2 Å². The third-order valence-corrected chi connectivity index (χ3v) is 3.18. The van der Waals surface area contributed by atoms with Gasteiger partial charge in [0, 0.05) is 12.1 Å². The lowest BCUT2D eigenvalue weighted by molar-refractivity contribution is -0.384. The van der Waals surface area contributed by atoms with Crippen molar-refractivity contribution in [2.75, 3.05) is 4.31 Å². The van der Waals surface area contributed by atoms with E-state index in [1.165, 1.54) is 28.6 Å². The van der Waals surface area contributed by atoms with Crippen molar-refractivity contribution in [1.29, 1.82) is 0 Å². The highest BCUT2D eigenvalue weighted by molar-refractivity contribution is 7.81. The minimum Gasteiger partial charge on any atom is -0.289 e. The Balaban J connectivity index is 2.40. The molecule has 0 saturated heterocycles. The minimum atomic E-state index is -2.26. The second-order valence-electron chi connectivity index (χ2n) is 3.63. The molecular weight excluding hydrogens is 268 g/mol. The van der Waals surface area contributed by atoms with Crippen LogP contribution in [0.4, 0.5) is 17.1 Å². The van der Waals surface area contributed by atoms with Crippen LogP contribution in [0.15, 0.2) is 54.6 Å². The van der Waals surface area contributed by atoms with Crippen LogP contribution in [0.25, 0.3) is 0 Å². The van der Waals surface area contributed by atoms with Gasteiger partial charge in [0.15, 0.2) is 0 Å². The first-order valence-electron chi connectivity index (χ1n) is 5.30. The molecule has 0 amide bonds. The summed E-state index contributed by atoms with van der Waals surface area (Å²) >= 11 is -2.26. The van der Waals surface area contributed by atoms with Crippen LogP contribution in [-0.4, -0.2) is 13.7 Å². The first kappa shape index (κ1) is 13.2. The number of nitrogens with zero attached hydrogens (tertiary/aromatic N) is 2. The zero-order valence-electron chi connectivity index (χ0n) is 9.67. The van der Waals surface area contributed by atoms with Gasteiger partial charge in [-0.2, -0.15) is 0 Å². The molecule has 1 unspecified atom stereocenters. The normalized spacial score (nSPS) is 11.8. The van der Waals surface area contributed by atoms with Gasteiger partial charge in [-0.3, -0.25) is 14.7 Å². The molecule has 98 valence electrons. The smallest absolute Gasteiger partial charge is 0.269 e. The molecule has 0 bridgehead atoms. The fourth-order valence-corrected chi connectivity index (χ4v) is 2.21. The maximum absolute atomic E-state index is 11.4. The summed E-state index contributed by atoms with van der Waals surface area (Å²) in [5.41, 5.74) is 0.857. The van der Waals surface area contributed by atoms with Gasteiger partial charge < -0.3 is 0 Å². The van der Waals surface area contributed by atoms with Crippen molar-refractivity contribution in [3.05, 3.63) is 64.7 Å². The van der Waals surface area contributed by atoms with Crippen molar-refractivity contribution in [3.8, 4) is 0 Å². The number of hydrogen-bond donors (Lipinski definition) is 1. The van der Waals surface area contributed by atoms with E-state index in [1.54, 1.807) is 30.3 Å². The predicted molar refractivity (Wildman–Crippen MR) is 72.4 cm³/mol.